The number of benzene rings is 1. The fraction of sp³-hybridized carbons (Fsp3) is 0.231. The molecule has 1 aliphatic rings. The van der Waals surface area contributed by atoms with Crippen LogP contribution >= 0.6 is 11.3 Å². The summed E-state index contributed by atoms with van der Waals surface area (Å²) in [4.78, 5) is 10.0. The molecule has 1 heterocycles. The van der Waals surface area contributed by atoms with Gasteiger partial charge in [-0.2, -0.15) is 0 Å². The van der Waals surface area contributed by atoms with E-state index in [0.717, 1.165) is 12.0 Å². The van der Waals surface area contributed by atoms with Gasteiger partial charge in [0.1, 0.15) is 4.21 Å². The maximum absolute atomic E-state index is 12.2. The van der Waals surface area contributed by atoms with Crippen molar-refractivity contribution in [3.8, 4) is 0 Å². The molecule has 1 fully saturated rings. The van der Waals surface area contributed by atoms with Gasteiger partial charge in [0.15, 0.2) is 0 Å². The van der Waals surface area contributed by atoms with Gasteiger partial charge in [-0.3, -0.25) is 10.1 Å². The van der Waals surface area contributed by atoms with Gasteiger partial charge in [-0.25, -0.2) is 13.1 Å². The molecule has 1 saturated carbocycles. The third-order valence-corrected chi connectivity index (χ3v) is 6.36. The number of nitrogens with zero attached hydrogens (tertiary/aromatic N) is 1. The van der Waals surface area contributed by atoms with Crippen LogP contribution in [0.3, 0.4) is 0 Å². The predicted octanol–water partition coefficient (Wildman–Crippen LogP) is 2.49. The Hall–Kier alpha value is -1.77. The fourth-order valence-corrected chi connectivity index (χ4v) is 4.62. The van der Waals surface area contributed by atoms with E-state index in [1.54, 1.807) is 0 Å². The van der Waals surface area contributed by atoms with Gasteiger partial charge >= 0.3 is 5.00 Å². The van der Waals surface area contributed by atoms with Crippen LogP contribution < -0.4 is 4.72 Å². The zero-order chi connectivity index (χ0) is 15.0. The maximum Gasteiger partial charge on any atom is 0.325 e. The van der Waals surface area contributed by atoms with Crippen molar-refractivity contribution in [1.82, 2.24) is 4.72 Å². The first-order chi connectivity index (χ1) is 9.97. The van der Waals surface area contributed by atoms with Gasteiger partial charge in [0, 0.05) is 18.0 Å². The van der Waals surface area contributed by atoms with Crippen LogP contribution in [0.4, 0.5) is 5.00 Å². The highest BCUT2D eigenvalue weighted by molar-refractivity contribution is 7.91. The molecule has 0 spiro atoms. The van der Waals surface area contributed by atoms with Gasteiger partial charge < -0.3 is 0 Å². The summed E-state index contributed by atoms with van der Waals surface area (Å²) in [6, 6.07) is 12.0. The molecule has 3 rings (SSSR count). The third-order valence-electron chi connectivity index (χ3n) is 3.34. The van der Waals surface area contributed by atoms with E-state index >= 15 is 0 Å². The van der Waals surface area contributed by atoms with Crippen LogP contribution in [0.2, 0.25) is 0 Å². The zero-order valence-corrected chi connectivity index (χ0v) is 12.4. The van der Waals surface area contributed by atoms with Gasteiger partial charge in [0.2, 0.25) is 0 Å². The molecular weight excluding hydrogens is 312 g/mol. The van der Waals surface area contributed by atoms with Crippen LogP contribution in [0, 0.1) is 10.1 Å². The van der Waals surface area contributed by atoms with Crippen molar-refractivity contribution in [2.45, 2.75) is 22.6 Å². The normalized spacial score (nSPS) is 21.1. The molecule has 0 radical (unpaired) electrons. The van der Waals surface area contributed by atoms with E-state index in [0.29, 0.717) is 11.3 Å². The van der Waals surface area contributed by atoms with Crippen LogP contribution in [-0.4, -0.2) is 19.4 Å². The Morgan fingerprint density at radius 2 is 1.90 bits per heavy atom. The van der Waals surface area contributed by atoms with E-state index < -0.39 is 14.9 Å². The van der Waals surface area contributed by atoms with Crippen LogP contribution in [-0.2, 0) is 10.0 Å². The van der Waals surface area contributed by atoms with Gasteiger partial charge in [-0.05, 0) is 29.4 Å². The molecule has 0 bridgehead atoms. The molecule has 8 heteroatoms. The van der Waals surface area contributed by atoms with Crippen LogP contribution in [0.5, 0.6) is 0 Å². The minimum absolute atomic E-state index is 0.0205. The highest BCUT2D eigenvalue weighted by atomic mass is 32.2. The lowest BCUT2D eigenvalue weighted by Crippen LogP contribution is -2.26. The summed E-state index contributed by atoms with van der Waals surface area (Å²) in [5.41, 5.74) is 1.10. The van der Waals surface area contributed by atoms with Gasteiger partial charge in [0.25, 0.3) is 10.0 Å². The Balaban J connectivity index is 1.71. The van der Waals surface area contributed by atoms with Crippen molar-refractivity contribution in [3.05, 3.63) is 58.1 Å². The second kappa shape index (κ2) is 5.21. The number of rotatable bonds is 5. The molecule has 2 aromatic rings. The highest BCUT2D eigenvalue weighted by Crippen LogP contribution is 2.42. The average molecular weight is 324 g/mol. The first-order valence-corrected chi connectivity index (χ1v) is 8.59. The van der Waals surface area contributed by atoms with Crippen molar-refractivity contribution in [2.24, 2.45) is 0 Å². The summed E-state index contributed by atoms with van der Waals surface area (Å²) in [5, 5.41) is 10.4. The summed E-state index contributed by atoms with van der Waals surface area (Å²) in [6.07, 6.45) is 0.747. The van der Waals surface area contributed by atoms with Crippen molar-refractivity contribution in [3.63, 3.8) is 0 Å². The van der Waals surface area contributed by atoms with E-state index in [-0.39, 0.29) is 21.2 Å². The molecule has 0 saturated heterocycles. The monoisotopic (exact) mass is 324 g/mol. The molecule has 0 unspecified atom stereocenters. The number of nitro groups is 1. The molecule has 0 amide bonds. The Morgan fingerprint density at radius 1 is 1.19 bits per heavy atom. The standard InChI is InChI=1S/C13H12N2O4S2/c16-15(17)12-6-7-13(20-12)21(18,19)14-11-8-10(11)9-4-2-1-3-5-9/h1-7,10-11,14H,8H2/t10-,11-/m0/s1. The number of sulfonamides is 1. The Morgan fingerprint density at radius 3 is 2.52 bits per heavy atom. The lowest BCUT2D eigenvalue weighted by molar-refractivity contribution is -0.380. The molecule has 110 valence electrons. The average Bonchev–Trinajstić information content (AvgIpc) is 3.01. The van der Waals surface area contributed by atoms with E-state index in [9.17, 15) is 18.5 Å². The zero-order valence-electron chi connectivity index (χ0n) is 10.8. The van der Waals surface area contributed by atoms with E-state index in [1.807, 2.05) is 30.3 Å². The molecule has 1 aromatic heterocycles. The predicted molar refractivity (Wildman–Crippen MR) is 78.9 cm³/mol. The molecule has 1 aromatic carbocycles. The number of thiophene rings is 1. The molecule has 21 heavy (non-hydrogen) atoms. The van der Waals surface area contributed by atoms with Crippen molar-refractivity contribution in [1.29, 1.82) is 0 Å². The minimum atomic E-state index is -3.69. The SMILES string of the molecule is O=[N+]([O-])c1ccc(S(=O)(=O)N[C@H]2C[C@H]2c2ccccc2)s1. The summed E-state index contributed by atoms with van der Waals surface area (Å²) in [5.74, 6) is 0.177. The van der Waals surface area contributed by atoms with Gasteiger partial charge in [-0.1, -0.05) is 30.3 Å². The van der Waals surface area contributed by atoms with Crippen molar-refractivity contribution in [2.75, 3.05) is 0 Å². The quantitative estimate of drug-likeness (QED) is 0.676. The van der Waals surface area contributed by atoms with Crippen LogP contribution in [0.25, 0.3) is 0 Å². The van der Waals surface area contributed by atoms with Gasteiger partial charge in [0.05, 0.1) is 4.92 Å². The van der Waals surface area contributed by atoms with E-state index in [4.69, 9.17) is 0 Å². The summed E-state index contributed by atoms with van der Waals surface area (Å²) in [7, 11) is -3.69. The number of hydrogen-bond donors (Lipinski definition) is 1. The Labute approximate surface area is 125 Å². The van der Waals surface area contributed by atoms with Crippen LogP contribution in [0.1, 0.15) is 17.9 Å². The van der Waals surface area contributed by atoms with Gasteiger partial charge in [-0.15, -0.1) is 0 Å². The molecule has 0 aliphatic heterocycles. The summed E-state index contributed by atoms with van der Waals surface area (Å²) in [6.45, 7) is 0. The van der Waals surface area contributed by atoms with Crippen molar-refractivity contribution < 1.29 is 13.3 Å². The first-order valence-electron chi connectivity index (χ1n) is 6.29. The smallest absolute Gasteiger partial charge is 0.258 e. The first kappa shape index (κ1) is 14.2. The number of nitrogens with one attached hydrogen (secondary N) is 1. The van der Waals surface area contributed by atoms with E-state index in [1.165, 1.54) is 12.1 Å². The molecule has 1 aliphatic carbocycles. The Bertz CT molecular complexity index is 770. The number of hydrogen-bond acceptors (Lipinski definition) is 5. The van der Waals surface area contributed by atoms with Crippen LogP contribution in [0.15, 0.2) is 46.7 Å². The minimum Gasteiger partial charge on any atom is -0.258 e. The topological polar surface area (TPSA) is 89.3 Å². The van der Waals surface area contributed by atoms with E-state index in [2.05, 4.69) is 4.72 Å². The fourth-order valence-electron chi connectivity index (χ4n) is 2.20. The van der Waals surface area contributed by atoms with Crippen molar-refractivity contribution >= 4 is 26.4 Å². The Kier molecular flexibility index (Phi) is 3.52. The lowest BCUT2D eigenvalue weighted by atomic mass is 10.1. The largest absolute Gasteiger partial charge is 0.325 e. The third kappa shape index (κ3) is 2.97. The molecular formula is C13H12N2O4S2. The molecule has 2 atom stereocenters. The molecule has 1 N–H and O–H groups in total. The second-order valence-corrected chi connectivity index (χ2v) is 7.83. The highest BCUT2D eigenvalue weighted by Gasteiger charge is 2.41. The second-order valence-electron chi connectivity index (χ2n) is 4.83. The lowest BCUT2D eigenvalue weighted by Gasteiger charge is -2.04. The summed E-state index contributed by atoms with van der Waals surface area (Å²) < 4.78 is 26.9. The summed E-state index contributed by atoms with van der Waals surface area (Å²) >= 11 is 0.665. The maximum atomic E-state index is 12.2. The molecule has 6 nitrogen and oxygen atoms in total.